The van der Waals surface area contributed by atoms with E-state index in [0.717, 1.165) is 13.2 Å². The maximum Gasteiger partial charge on any atom is 0.421 e. The Morgan fingerprint density at radius 3 is 2.26 bits per heavy atom. The highest BCUT2D eigenvalue weighted by molar-refractivity contribution is 7.90. The van der Waals surface area contributed by atoms with E-state index in [9.17, 15) is 35.6 Å². The SMILES string of the molecule is CC(CF)C(=O)N1Cc2cc(S(C)(=O)=O)ccc2C1C(=O)Nc1ccc(C(C)(OCc2ccccc2)C(F)(F)F)cc1. The van der Waals surface area contributed by atoms with Crippen molar-refractivity contribution in [3.8, 4) is 0 Å². The van der Waals surface area contributed by atoms with Crippen LogP contribution in [0.15, 0.2) is 77.7 Å². The van der Waals surface area contributed by atoms with Crippen LogP contribution in [0.3, 0.4) is 0 Å². The van der Waals surface area contributed by atoms with Gasteiger partial charge in [-0.2, -0.15) is 13.2 Å². The van der Waals surface area contributed by atoms with E-state index in [1.165, 1.54) is 54.3 Å². The lowest BCUT2D eigenvalue weighted by Gasteiger charge is -2.33. The molecule has 0 radical (unpaired) electrons. The molecule has 224 valence electrons. The smallest absolute Gasteiger partial charge is 0.356 e. The third-order valence-electron chi connectivity index (χ3n) is 7.29. The molecule has 3 atom stereocenters. The van der Waals surface area contributed by atoms with Crippen LogP contribution < -0.4 is 5.32 Å². The summed E-state index contributed by atoms with van der Waals surface area (Å²) < 4.78 is 85.3. The van der Waals surface area contributed by atoms with E-state index >= 15 is 0 Å². The normalized spacial score (nSPS) is 17.3. The summed E-state index contributed by atoms with van der Waals surface area (Å²) in [5.74, 6) is -2.37. The number of anilines is 1. The first-order valence-corrected chi connectivity index (χ1v) is 14.9. The van der Waals surface area contributed by atoms with Crippen LogP contribution in [0.5, 0.6) is 0 Å². The fraction of sp³-hybridized carbons (Fsp3) is 0.333. The first kappa shape index (κ1) is 31.2. The maximum atomic E-state index is 14.2. The van der Waals surface area contributed by atoms with Crippen LogP contribution in [-0.4, -0.2) is 44.2 Å². The van der Waals surface area contributed by atoms with Crippen LogP contribution in [0.2, 0.25) is 0 Å². The van der Waals surface area contributed by atoms with Gasteiger partial charge in [0, 0.05) is 18.5 Å². The van der Waals surface area contributed by atoms with E-state index in [0.29, 0.717) is 16.7 Å². The van der Waals surface area contributed by atoms with Gasteiger partial charge in [0.15, 0.2) is 15.4 Å². The molecule has 0 fully saturated rings. The Hall–Kier alpha value is -3.77. The highest BCUT2D eigenvalue weighted by Crippen LogP contribution is 2.43. The lowest BCUT2D eigenvalue weighted by atomic mass is 9.94. The molecule has 1 aliphatic rings. The van der Waals surface area contributed by atoms with Crippen LogP contribution in [0.1, 0.15) is 42.1 Å². The first-order valence-electron chi connectivity index (χ1n) is 13.0. The van der Waals surface area contributed by atoms with Gasteiger partial charge < -0.3 is 15.0 Å². The largest absolute Gasteiger partial charge is 0.421 e. The first-order chi connectivity index (χ1) is 19.7. The molecule has 0 aromatic heterocycles. The number of ether oxygens (including phenoxy) is 1. The van der Waals surface area contributed by atoms with Crippen LogP contribution in [0.25, 0.3) is 0 Å². The number of nitrogens with zero attached hydrogens (tertiary/aromatic N) is 1. The zero-order valence-electron chi connectivity index (χ0n) is 23.1. The molecule has 0 aliphatic carbocycles. The third-order valence-corrected chi connectivity index (χ3v) is 8.40. The predicted molar refractivity (Wildman–Crippen MR) is 148 cm³/mol. The number of rotatable bonds is 9. The molecule has 0 spiro atoms. The Bertz CT molecular complexity index is 1560. The predicted octanol–water partition coefficient (Wildman–Crippen LogP) is 5.71. The van der Waals surface area contributed by atoms with Gasteiger partial charge in [0.25, 0.3) is 5.91 Å². The van der Waals surface area contributed by atoms with Gasteiger partial charge in [-0.15, -0.1) is 0 Å². The molecule has 42 heavy (non-hydrogen) atoms. The molecule has 2 amide bonds. The summed E-state index contributed by atoms with van der Waals surface area (Å²) in [5.41, 5.74) is -1.31. The number of sulfone groups is 1. The molecule has 12 heteroatoms. The lowest BCUT2D eigenvalue weighted by molar-refractivity contribution is -0.281. The molecule has 0 saturated carbocycles. The van der Waals surface area contributed by atoms with Crippen molar-refractivity contribution in [3.05, 3.63) is 95.1 Å². The Balaban J connectivity index is 1.59. The van der Waals surface area contributed by atoms with E-state index in [1.54, 1.807) is 30.3 Å². The highest BCUT2D eigenvalue weighted by Gasteiger charge is 2.53. The Kier molecular flexibility index (Phi) is 8.79. The van der Waals surface area contributed by atoms with Crippen molar-refractivity contribution in [1.29, 1.82) is 0 Å². The van der Waals surface area contributed by atoms with Gasteiger partial charge in [-0.1, -0.05) is 55.5 Å². The number of carbonyl (C=O) groups excluding carboxylic acids is 2. The minimum Gasteiger partial charge on any atom is -0.356 e. The number of benzene rings is 3. The molecular formula is C30H30F4N2O5S. The summed E-state index contributed by atoms with van der Waals surface area (Å²) in [6.07, 6.45) is -3.72. The minimum atomic E-state index is -4.75. The number of halogens is 4. The van der Waals surface area contributed by atoms with Gasteiger partial charge in [-0.3, -0.25) is 14.0 Å². The van der Waals surface area contributed by atoms with Crippen molar-refractivity contribution in [3.63, 3.8) is 0 Å². The monoisotopic (exact) mass is 606 g/mol. The summed E-state index contributed by atoms with van der Waals surface area (Å²) >= 11 is 0. The number of alkyl halides is 4. The van der Waals surface area contributed by atoms with Crippen LogP contribution >= 0.6 is 0 Å². The van der Waals surface area contributed by atoms with E-state index in [1.807, 2.05) is 0 Å². The van der Waals surface area contributed by atoms with Gasteiger partial charge in [-0.05, 0) is 53.4 Å². The third kappa shape index (κ3) is 6.34. The van der Waals surface area contributed by atoms with Crippen LogP contribution in [-0.2, 0) is 42.9 Å². The summed E-state index contributed by atoms with van der Waals surface area (Å²) in [7, 11) is -3.57. The molecule has 7 nitrogen and oxygen atoms in total. The Morgan fingerprint density at radius 1 is 1.05 bits per heavy atom. The number of hydrogen-bond donors (Lipinski definition) is 1. The van der Waals surface area contributed by atoms with Gasteiger partial charge in [0.2, 0.25) is 5.91 Å². The van der Waals surface area contributed by atoms with Gasteiger partial charge >= 0.3 is 6.18 Å². The van der Waals surface area contributed by atoms with Gasteiger partial charge in [0.05, 0.1) is 17.4 Å². The fourth-order valence-corrected chi connectivity index (χ4v) is 5.38. The summed E-state index contributed by atoms with van der Waals surface area (Å²) in [6, 6.07) is 16.4. The summed E-state index contributed by atoms with van der Waals surface area (Å²) in [5, 5.41) is 2.62. The fourth-order valence-electron chi connectivity index (χ4n) is 4.71. The number of amides is 2. The van der Waals surface area contributed by atoms with Crippen molar-refractivity contribution >= 4 is 27.3 Å². The van der Waals surface area contributed by atoms with E-state index in [-0.39, 0.29) is 29.3 Å². The van der Waals surface area contributed by atoms with Crippen molar-refractivity contribution in [2.24, 2.45) is 5.92 Å². The van der Waals surface area contributed by atoms with E-state index in [2.05, 4.69) is 5.32 Å². The minimum absolute atomic E-state index is 0.00559. The zero-order valence-corrected chi connectivity index (χ0v) is 23.9. The molecular weight excluding hydrogens is 576 g/mol. The molecule has 4 rings (SSSR count). The maximum absolute atomic E-state index is 14.2. The van der Waals surface area contributed by atoms with Crippen LogP contribution in [0, 0.1) is 5.92 Å². The highest BCUT2D eigenvalue weighted by atomic mass is 32.2. The second-order valence-corrected chi connectivity index (χ2v) is 12.4. The summed E-state index contributed by atoms with van der Waals surface area (Å²) in [4.78, 5) is 27.6. The standard InChI is InChI=1S/C30H30F4N2O5S/c1-19(16-31)28(38)36-17-21-15-24(42(3,39)40)13-14-25(21)26(36)27(37)35-23-11-9-22(10-12-23)29(2,30(32,33)34)41-18-20-7-5-4-6-8-20/h4-15,19,26H,16-18H2,1-3H3,(H,35,37). The van der Waals surface area contributed by atoms with Crippen molar-refractivity contribution in [2.45, 2.75) is 49.7 Å². The average Bonchev–Trinajstić information content (AvgIpc) is 3.34. The number of fused-ring (bicyclic) bond motifs is 1. The zero-order chi connectivity index (χ0) is 30.9. The van der Waals surface area contributed by atoms with E-state index < -0.39 is 52.1 Å². The molecule has 1 aliphatic heterocycles. The van der Waals surface area contributed by atoms with Gasteiger partial charge in [-0.25, -0.2) is 8.42 Å². The topological polar surface area (TPSA) is 92.8 Å². The molecule has 1 heterocycles. The molecule has 3 aromatic carbocycles. The average molecular weight is 607 g/mol. The Morgan fingerprint density at radius 2 is 1.69 bits per heavy atom. The number of hydrogen-bond acceptors (Lipinski definition) is 5. The molecule has 1 N–H and O–H groups in total. The van der Waals surface area contributed by atoms with Crippen molar-refractivity contribution in [2.75, 3.05) is 18.2 Å². The molecule has 0 saturated heterocycles. The Labute approximate surface area is 241 Å². The van der Waals surface area contributed by atoms with Crippen molar-refractivity contribution < 1.29 is 40.3 Å². The van der Waals surface area contributed by atoms with Crippen molar-refractivity contribution in [1.82, 2.24) is 4.90 Å². The van der Waals surface area contributed by atoms with E-state index in [4.69, 9.17) is 4.74 Å². The molecule has 3 unspecified atom stereocenters. The molecule has 3 aromatic rings. The van der Waals surface area contributed by atoms with Gasteiger partial charge in [0.1, 0.15) is 12.7 Å². The quantitative estimate of drug-likeness (QED) is 0.315. The summed E-state index contributed by atoms with van der Waals surface area (Å²) in [6.45, 7) is 0.957. The lowest BCUT2D eigenvalue weighted by Crippen LogP contribution is -2.42. The molecule has 0 bridgehead atoms. The number of carbonyl (C=O) groups is 2. The second kappa shape index (κ2) is 11.8. The van der Waals surface area contributed by atoms with Crippen LogP contribution in [0.4, 0.5) is 23.2 Å². The second-order valence-electron chi connectivity index (χ2n) is 10.4. The number of nitrogens with one attached hydrogen (secondary N) is 1.